The van der Waals surface area contributed by atoms with Crippen molar-refractivity contribution >= 4 is 6.21 Å². The van der Waals surface area contributed by atoms with Crippen LogP contribution in [-0.2, 0) is 9.47 Å². The summed E-state index contributed by atoms with van der Waals surface area (Å²) in [4.78, 5) is 5.02. The molecule has 1 saturated heterocycles. The summed E-state index contributed by atoms with van der Waals surface area (Å²) >= 11 is 0. The Morgan fingerprint density at radius 1 is 1.04 bits per heavy atom. The van der Waals surface area contributed by atoms with Crippen molar-refractivity contribution < 1.29 is 18.9 Å². The smallest absolute Gasteiger partial charge is 0.169 e. The zero-order valence-electron chi connectivity index (χ0n) is 14.8. The van der Waals surface area contributed by atoms with Gasteiger partial charge in [-0.3, -0.25) is 4.99 Å². The minimum atomic E-state index is 0.266. The average Bonchev–Trinajstić information content (AvgIpc) is 3.11. The van der Waals surface area contributed by atoms with Crippen LogP contribution in [0.4, 0.5) is 0 Å². The number of hydrogen-bond donors (Lipinski definition) is 0. The third kappa shape index (κ3) is 2.32. The number of methoxy groups -OCH3 is 2. The van der Waals surface area contributed by atoms with Gasteiger partial charge in [-0.05, 0) is 49.1 Å². The van der Waals surface area contributed by atoms with Crippen LogP contribution >= 0.6 is 0 Å². The Morgan fingerprint density at radius 2 is 1.88 bits per heavy atom. The standard InChI is InChI=1S/C20H25NO4/c1-22-16-6-5-12-13-4-3-11-7-17-18(25-10-24-17)8-14(11)19(13)21-9-15(12)20(16)23-2/h5-6,9,11,13-14,17-19H,3-4,7-8,10H2,1-2H3. The number of aliphatic imine (C=N–C) groups is 1. The maximum Gasteiger partial charge on any atom is 0.169 e. The van der Waals surface area contributed by atoms with Gasteiger partial charge >= 0.3 is 0 Å². The highest BCUT2D eigenvalue weighted by Crippen LogP contribution is 2.52. The highest BCUT2D eigenvalue weighted by atomic mass is 16.7. The van der Waals surface area contributed by atoms with Crippen LogP contribution in [0.5, 0.6) is 11.5 Å². The summed E-state index contributed by atoms with van der Waals surface area (Å²) in [6, 6.07) is 4.60. The van der Waals surface area contributed by atoms with Crippen LogP contribution in [-0.4, -0.2) is 45.5 Å². The molecule has 25 heavy (non-hydrogen) atoms. The van der Waals surface area contributed by atoms with Crippen LogP contribution in [0.1, 0.15) is 42.7 Å². The first-order valence-electron chi connectivity index (χ1n) is 9.31. The van der Waals surface area contributed by atoms with E-state index >= 15 is 0 Å². The molecule has 2 saturated carbocycles. The van der Waals surface area contributed by atoms with Gasteiger partial charge < -0.3 is 18.9 Å². The lowest BCUT2D eigenvalue weighted by atomic mass is 9.61. The number of benzene rings is 1. The summed E-state index contributed by atoms with van der Waals surface area (Å²) in [6.45, 7) is 0.464. The van der Waals surface area contributed by atoms with Crippen molar-refractivity contribution in [1.29, 1.82) is 0 Å². The molecule has 134 valence electrons. The van der Waals surface area contributed by atoms with Crippen LogP contribution in [0.25, 0.3) is 0 Å². The van der Waals surface area contributed by atoms with Gasteiger partial charge in [0.15, 0.2) is 11.5 Å². The first-order chi connectivity index (χ1) is 12.3. The summed E-state index contributed by atoms with van der Waals surface area (Å²) in [5.41, 5.74) is 2.46. The zero-order chi connectivity index (χ0) is 17.0. The number of nitrogens with zero attached hydrogens (tertiary/aromatic N) is 1. The molecular formula is C20H25NO4. The Labute approximate surface area is 148 Å². The third-order valence-electron chi connectivity index (χ3n) is 6.72. The fraction of sp³-hybridized carbons (Fsp3) is 0.650. The molecule has 0 amide bonds. The molecule has 0 spiro atoms. The van der Waals surface area contributed by atoms with Crippen LogP contribution < -0.4 is 9.47 Å². The first kappa shape index (κ1) is 15.6. The molecule has 0 radical (unpaired) electrons. The second-order valence-electron chi connectivity index (χ2n) is 7.68. The summed E-state index contributed by atoms with van der Waals surface area (Å²) in [6.07, 6.45) is 7.23. The van der Waals surface area contributed by atoms with Crippen LogP contribution in [0.3, 0.4) is 0 Å². The molecule has 2 heterocycles. The first-order valence-corrected chi connectivity index (χ1v) is 9.31. The van der Waals surface area contributed by atoms with Gasteiger partial charge in [0, 0.05) is 17.7 Å². The number of fused-ring (bicyclic) bond motifs is 6. The second kappa shape index (κ2) is 5.99. The Bertz CT molecular complexity index is 703. The highest BCUT2D eigenvalue weighted by molar-refractivity contribution is 5.89. The van der Waals surface area contributed by atoms with Gasteiger partial charge in [0.1, 0.15) is 6.79 Å². The summed E-state index contributed by atoms with van der Waals surface area (Å²) < 4.78 is 22.7. The normalized spacial score (nSPS) is 38.3. The molecule has 1 aromatic rings. The molecule has 6 unspecified atom stereocenters. The van der Waals surface area contributed by atoms with E-state index in [1.54, 1.807) is 14.2 Å². The van der Waals surface area contributed by atoms with Gasteiger partial charge in [0.05, 0.1) is 32.5 Å². The SMILES string of the molecule is COc1ccc2c(c1OC)C=NC1C2CCC2CC3OCOC3CC21. The molecule has 5 rings (SSSR count). The molecule has 4 aliphatic rings. The topological polar surface area (TPSA) is 49.3 Å². The van der Waals surface area contributed by atoms with E-state index in [4.69, 9.17) is 23.9 Å². The van der Waals surface area contributed by atoms with Crippen molar-refractivity contribution in [2.45, 2.75) is 49.9 Å². The summed E-state index contributed by atoms with van der Waals surface area (Å²) in [5.74, 6) is 3.36. The van der Waals surface area contributed by atoms with E-state index in [1.165, 1.54) is 18.4 Å². The zero-order valence-corrected chi connectivity index (χ0v) is 14.8. The van der Waals surface area contributed by atoms with Crippen molar-refractivity contribution in [1.82, 2.24) is 0 Å². The molecule has 2 aliphatic heterocycles. The maximum absolute atomic E-state index is 5.81. The number of rotatable bonds is 2. The fourth-order valence-corrected chi connectivity index (χ4v) is 5.55. The monoisotopic (exact) mass is 343 g/mol. The number of ether oxygens (including phenoxy) is 4. The van der Waals surface area contributed by atoms with Gasteiger partial charge in [0.2, 0.25) is 0 Å². The van der Waals surface area contributed by atoms with E-state index in [9.17, 15) is 0 Å². The maximum atomic E-state index is 5.81. The predicted octanol–water partition coefficient (Wildman–Crippen LogP) is 3.15. The van der Waals surface area contributed by atoms with E-state index in [2.05, 4.69) is 6.07 Å². The molecular weight excluding hydrogens is 318 g/mol. The van der Waals surface area contributed by atoms with Gasteiger partial charge in [-0.2, -0.15) is 0 Å². The van der Waals surface area contributed by atoms with Crippen LogP contribution in [0.2, 0.25) is 0 Å². The molecule has 0 N–H and O–H groups in total. The van der Waals surface area contributed by atoms with Crippen molar-refractivity contribution in [3.05, 3.63) is 23.3 Å². The van der Waals surface area contributed by atoms with Crippen molar-refractivity contribution in [2.75, 3.05) is 21.0 Å². The van der Waals surface area contributed by atoms with Gasteiger partial charge in [-0.1, -0.05) is 6.07 Å². The minimum Gasteiger partial charge on any atom is -0.493 e. The van der Waals surface area contributed by atoms with E-state index in [-0.39, 0.29) is 6.10 Å². The van der Waals surface area contributed by atoms with E-state index in [0.29, 0.717) is 36.7 Å². The molecule has 0 bridgehead atoms. The largest absolute Gasteiger partial charge is 0.493 e. The molecule has 3 fully saturated rings. The lowest BCUT2D eigenvalue weighted by Crippen LogP contribution is -2.47. The molecule has 1 aromatic carbocycles. The lowest BCUT2D eigenvalue weighted by Gasteiger charge is -2.47. The molecule has 0 aromatic heterocycles. The molecule has 6 atom stereocenters. The molecule has 5 heteroatoms. The average molecular weight is 343 g/mol. The number of hydrogen-bond acceptors (Lipinski definition) is 5. The Kier molecular flexibility index (Phi) is 3.75. The fourth-order valence-electron chi connectivity index (χ4n) is 5.55. The van der Waals surface area contributed by atoms with E-state index in [0.717, 1.165) is 29.9 Å². The predicted molar refractivity (Wildman–Crippen MR) is 93.7 cm³/mol. The van der Waals surface area contributed by atoms with Gasteiger partial charge in [-0.15, -0.1) is 0 Å². The second-order valence-corrected chi connectivity index (χ2v) is 7.68. The molecule has 5 nitrogen and oxygen atoms in total. The van der Waals surface area contributed by atoms with Gasteiger partial charge in [-0.25, -0.2) is 0 Å². The Hall–Kier alpha value is -1.59. The van der Waals surface area contributed by atoms with Gasteiger partial charge in [0.25, 0.3) is 0 Å². The van der Waals surface area contributed by atoms with Crippen molar-refractivity contribution in [3.63, 3.8) is 0 Å². The van der Waals surface area contributed by atoms with E-state index < -0.39 is 0 Å². The highest BCUT2D eigenvalue weighted by Gasteiger charge is 2.49. The molecule has 2 aliphatic carbocycles. The van der Waals surface area contributed by atoms with Crippen LogP contribution in [0, 0.1) is 11.8 Å². The Balaban J connectivity index is 1.49. The third-order valence-corrected chi connectivity index (χ3v) is 6.72. The van der Waals surface area contributed by atoms with Crippen molar-refractivity contribution in [3.8, 4) is 11.5 Å². The summed E-state index contributed by atoms with van der Waals surface area (Å²) in [5, 5.41) is 0. The van der Waals surface area contributed by atoms with Crippen molar-refractivity contribution in [2.24, 2.45) is 16.8 Å². The lowest BCUT2D eigenvalue weighted by molar-refractivity contribution is 0.0114. The quantitative estimate of drug-likeness (QED) is 0.828. The summed E-state index contributed by atoms with van der Waals surface area (Å²) in [7, 11) is 3.38. The Morgan fingerprint density at radius 3 is 2.68 bits per heavy atom. The minimum absolute atomic E-state index is 0.266. The van der Waals surface area contributed by atoms with Crippen LogP contribution in [0.15, 0.2) is 17.1 Å². The van der Waals surface area contributed by atoms with E-state index in [1.807, 2.05) is 12.3 Å².